The molecule has 0 bridgehead atoms. The molecule has 2 aromatic heterocycles. The predicted octanol–water partition coefficient (Wildman–Crippen LogP) is 3.68. The van der Waals surface area contributed by atoms with Crippen molar-refractivity contribution in [2.24, 2.45) is 0 Å². The summed E-state index contributed by atoms with van der Waals surface area (Å²) in [7, 11) is 0. The number of carbonyl (C=O) groups is 2. The first-order valence-corrected chi connectivity index (χ1v) is 8.89. The Hall–Kier alpha value is -3.28. The van der Waals surface area contributed by atoms with E-state index >= 15 is 0 Å². The van der Waals surface area contributed by atoms with Crippen molar-refractivity contribution in [1.82, 2.24) is 14.8 Å². The number of nitrogens with zero attached hydrogens (tertiary/aromatic N) is 4. The second-order valence-electron chi connectivity index (χ2n) is 6.91. The zero-order valence-electron chi connectivity index (χ0n) is 15.5. The van der Waals surface area contributed by atoms with Crippen LogP contribution in [0.25, 0.3) is 11.1 Å². The lowest BCUT2D eigenvalue weighted by Crippen LogP contribution is -2.42. The van der Waals surface area contributed by atoms with Gasteiger partial charge in [0.2, 0.25) is 0 Å². The molecule has 0 radical (unpaired) electrons. The number of ketones is 1. The van der Waals surface area contributed by atoms with Gasteiger partial charge in [-0.1, -0.05) is 0 Å². The number of hydrogen-bond donors (Lipinski definition) is 0. The topological polar surface area (TPSA) is 68.1 Å². The van der Waals surface area contributed by atoms with Crippen LogP contribution in [0.1, 0.15) is 46.4 Å². The first-order chi connectivity index (χ1) is 13.0. The zero-order valence-corrected chi connectivity index (χ0v) is 15.5. The van der Waals surface area contributed by atoms with Gasteiger partial charge in [0.15, 0.2) is 5.78 Å². The number of hydrogen-bond acceptors (Lipinski definition) is 4. The van der Waals surface area contributed by atoms with E-state index in [9.17, 15) is 9.59 Å². The van der Waals surface area contributed by atoms with E-state index in [1.165, 1.54) is 6.92 Å². The summed E-state index contributed by atoms with van der Waals surface area (Å²) in [5.41, 5.74) is 4.62. The molecule has 0 saturated heterocycles. The number of benzene rings is 1. The number of aryl methyl sites for hydroxylation is 1. The Balaban J connectivity index is 1.77. The van der Waals surface area contributed by atoms with Crippen LogP contribution in [-0.4, -0.2) is 33.0 Å². The highest BCUT2D eigenvalue weighted by molar-refractivity contribution is 6.10. The standard InChI is InChI=1S/C21H20N4O2/c1-13-10-17(8-9-22-13)19-11-23-25-14(2)12-24(21(27)20(19)25)18-6-4-16(5-7-18)15(3)26/h4-11,14H,12H2,1-3H3. The number of fused-ring (bicyclic) bond motifs is 1. The van der Waals surface area contributed by atoms with Gasteiger partial charge >= 0.3 is 0 Å². The average molecular weight is 360 g/mol. The predicted molar refractivity (Wildman–Crippen MR) is 103 cm³/mol. The third kappa shape index (κ3) is 2.93. The van der Waals surface area contributed by atoms with Crippen molar-refractivity contribution in [3.8, 4) is 11.1 Å². The summed E-state index contributed by atoms with van der Waals surface area (Å²) in [6, 6.07) is 11.1. The molecular weight excluding hydrogens is 340 g/mol. The Morgan fingerprint density at radius 3 is 2.59 bits per heavy atom. The number of aromatic nitrogens is 3. The van der Waals surface area contributed by atoms with Crippen LogP contribution in [0.2, 0.25) is 0 Å². The molecule has 4 rings (SSSR count). The number of rotatable bonds is 3. The fourth-order valence-electron chi connectivity index (χ4n) is 3.49. The Bertz CT molecular complexity index is 1040. The normalized spacial score (nSPS) is 16.3. The molecule has 0 saturated carbocycles. The third-order valence-corrected chi connectivity index (χ3v) is 4.90. The van der Waals surface area contributed by atoms with Crippen LogP contribution in [0, 0.1) is 6.92 Å². The molecule has 1 unspecified atom stereocenters. The summed E-state index contributed by atoms with van der Waals surface area (Å²) in [5, 5.41) is 4.46. The Morgan fingerprint density at radius 2 is 1.93 bits per heavy atom. The van der Waals surface area contributed by atoms with E-state index in [0.29, 0.717) is 17.8 Å². The summed E-state index contributed by atoms with van der Waals surface area (Å²) in [6.45, 7) is 6.03. The van der Waals surface area contributed by atoms with Crippen LogP contribution < -0.4 is 4.90 Å². The molecule has 27 heavy (non-hydrogen) atoms. The van der Waals surface area contributed by atoms with Gasteiger partial charge in [0, 0.05) is 35.2 Å². The van der Waals surface area contributed by atoms with Gasteiger partial charge in [-0.05, 0) is 62.7 Å². The lowest BCUT2D eigenvalue weighted by atomic mass is 10.0. The van der Waals surface area contributed by atoms with Crippen molar-refractivity contribution in [1.29, 1.82) is 0 Å². The molecule has 3 heterocycles. The van der Waals surface area contributed by atoms with Gasteiger partial charge in [-0.3, -0.25) is 19.3 Å². The first kappa shape index (κ1) is 17.1. The molecular formula is C21H20N4O2. The summed E-state index contributed by atoms with van der Waals surface area (Å²) in [5.74, 6) is -0.0843. The smallest absolute Gasteiger partial charge is 0.277 e. The molecule has 1 atom stereocenters. The highest BCUT2D eigenvalue weighted by Gasteiger charge is 2.33. The van der Waals surface area contributed by atoms with Gasteiger partial charge < -0.3 is 4.90 Å². The monoisotopic (exact) mass is 360 g/mol. The molecule has 136 valence electrons. The Morgan fingerprint density at radius 1 is 1.19 bits per heavy atom. The number of anilines is 1. The highest BCUT2D eigenvalue weighted by atomic mass is 16.2. The SMILES string of the molecule is CC(=O)c1ccc(N2CC(C)n3ncc(-c4ccnc(C)c4)c3C2=O)cc1. The van der Waals surface area contributed by atoms with E-state index < -0.39 is 0 Å². The maximum atomic E-state index is 13.3. The molecule has 1 amide bonds. The third-order valence-electron chi connectivity index (χ3n) is 4.90. The van der Waals surface area contributed by atoms with Crippen molar-refractivity contribution in [3.05, 3.63) is 65.7 Å². The number of carbonyl (C=O) groups excluding carboxylic acids is 2. The maximum Gasteiger partial charge on any atom is 0.277 e. The number of amides is 1. The highest BCUT2D eigenvalue weighted by Crippen LogP contribution is 2.32. The van der Waals surface area contributed by atoms with Crippen LogP contribution in [0.3, 0.4) is 0 Å². The van der Waals surface area contributed by atoms with Crippen LogP contribution in [0.5, 0.6) is 0 Å². The minimum Gasteiger partial charge on any atom is -0.305 e. The summed E-state index contributed by atoms with van der Waals surface area (Å²) in [4.78, 5) is 30.8. The number of pyridine rings is 1. The summed E-state index contributed by atoms with van der Waals surface area (Å²) in [6.07, 6.45) is 3.49. The molecule has 6 heteroatoms. The minimum absolute atomic E-state index is 0.00769. The van der Waals surface area contributed by atoms with Crippen LogP contribution in [0.4, 0.5) is 5.69 Å². The van der Waals surface area contributed by atoms with Crippen LogP contribution in [0.15, 0.2) is 48.8 Å². The molecule has 1 aliphatic heterocycles. The van der Waals surface area contributed by atoms with E-state index in [2.05, 4.69) is 10.1 Å². The Labute approximate surface area is 157 Å². The van der Waals surface area contributed by atoms with Crippen molar-refractivity contribution in [2.45, 2.75) is 26.8 Å². The van der Waals surface area contributed by atoms with E-state index in [-0.39, 0.29) is 17.7 Å². The zero-order chi connectivity index (χ0) is 19.1. The van der Waals surface area contributed by atoms with Crippen molar-refractivity contribution < 1.29 is 9.59 Å². The van der Waals surface area contributed by atoms with Crippen LogP contribution >= 0.6 is 0 Å². The van der Waals surface area contributed by atoms with Gasteiger partial charge in [-0.2, -0.15) is 5.10 Å². The molecule has 6 nitrogen and oxygen atoms in total. The van der Waals surface area contributed by atoms with E-state index in [0.717, 1.165) is 22.5 Å². The van der Waals surface area contributed by atoms with Crippen LogP contribution in [-0.2, 0) is 0 Å². The average Bonchev–Trinajstić information content (AvgIpc) is 3.11. The van der Waals surface area contributed by atoms with E-state index in [4.69, 9.17) is 0 Å². The van der Waals surface area contributed by atoms with Gasteiger partial charge in [-0.15, -0.1) is 0 Å². The van der Waals surface area contributed by atoms with Gasteiger partial charge in [0.1, 0.15) is 5.69 Å². The molecule has 0 N–H and O–H groups in total. The van der Waals surface area contributed by atoms with Gasteiger partial charge in [0.25, 0.3) is 5.91 Å². The molecule has 1 aliphatic rings. The second-order valence-corrected chi connectivity index (χ2v) is 6.91. The van der Waals surface area contributed by atoms with Gasteiger partial charge in [0.05, 0.1) is 12.2 Å². The molecule has 0 fully saturated rings. The van der Waals surface area contributed by atoms with E-state index in [1.54, 1.807) is 34.1 Å². The first-order valence-electron chi connectivity index (χ1n) is 8.89. The summed E-state index contributed by atoms with van der Waals surface area (Å²) < 4.78 is 1.80. The maximum absolute atomic E-state index is 13.3. The second kappa shape index (κ2) is 6.46. The number of Topliss-reactive ketones (excluding diaryl/α,β-unsaturated/α-hetero) is 1. The molecule has 1 aromatic carbocycles. The molecule has 0 aliphatic carbocycles. The lowest BCUT2D eigenvalue weighted by Gasteiger charge is -2.32. The van der Waals surface area contributed by atoms with E-state index in [1.807, 2.05) is 38.1 Å². The largest absolute Gasteiger partial charge is 0.305 e. The molecule has 3 aromatic rings. The van der Waals surface area contributed by atoms with Crippen molar-refractivity contribution in [3.63, 3.8) is 0 Å². The molecule has 0 spiro atoms. The fraction of sp³-hybridized carbons (Fsp3) is 0.238. The quantitative estimate of drug-likeness (QED) is 0.668. The van der Waals surface area contributed by atoms with Crippen molar-refractivity contribution >= 4 is 17.4 Å². The fourth-order valence-corrected chi connectivity index (χ4v) is 3.49. The minimum atomic E-state index is -0.0920. The van der Waals surface area contributed by atoms with Crippen molar-refractivity contribution in [2.75, 3.05) is 11.4 Å². The summed E-state index contributed by atoms with van der Waals surface area (Å²) >= 11 is 0. The van der Waals surface area contributed by atoms with Gasteiger partial charge in [-0.25, -0.2) is 0 Å². The Kier molecular flexibility index (Phi) is 4.11. The lowest BCUT2D eigenvalue weighted by molar-refractivity contribution is 0.0953.